The fourth-order valence-electron chi connectivity index (χ4n) is 2.27. The Morgan fingerprint density at radius 3 is 2.94 bits per heavy atom. The third kappa shape index (κ3) is 2.08. The molecule has 4 heteroatoms. The number of aromatic nitrogens is 3. The maximum Gasteiger partial charge on any atom is 0.111 e. The molecule has 1 aliphatic rings. The van der Waals surface area contributed by atoms with Crippen molar-refractivity contribution in [2.75, 3.05) is 6.54 Å². The summed E-state index contributed by atoms with van der Waals surface area (Å²) in [5, 5.41) is 10.7. The fraction of sp³-hybridized carbons (Fsp3) is 0.385. The van der Waals surface area contributed by atoms with Gasteiger partial charge in [0.15, 0.2) is 0 Å². The lowest BCUT2D eigenvalue weighted by molar-refractivity contribution is 0.628. The lowest BCUT2D eigenvalue weighted by atomic mass is 10.1. The average molecular weight is 228 g/mol. The molecule has 0 aromatic carbocycles. The molecule has 3 rings (SSSR count). The normalized spacial score (nSPS) is 19.7. The molecule has 0 aliphatic carbocycles. The summed E-state index contributed by atoms with van der Waals surface area (Å²) in [6, 6.07) is 8.59. The van der Waals surface area contributed by atoms with Crippen LogP contribution in [-0.4, -0.2) is 21.7 Å². The molecule has 1 fully saturated rings. The second-order valence-electron chi connectivity index (χ2n) is 4.53. The predicted octanol–water partition coefficient (Wildman–Crippen LogP) is 2.20. The molecule has 0 saturated carbocycles. The van der Waals surface area contributed by atoms with Gasteiger partial charge in [0.2, 0.25) is 0 Å². The molecule has 0 radical (unpaired) electrons. The zero-order valence-corrected chi connectivity index (χ0v) is 9.90. The number of H-pyrrole nitrogens is 1. The molecule has 1 atom stereocenters. The molecule has 4 nitrogen and oxygen atoms in total. The van der Waals surface area contributed by atoms with Gasteiger partial charge in [0.1, 0.15) is 5.69 Å². The Labute approximate surface area is 100 Å². The van der Waals surface area contributed by atoms with E-state index in [0.717, 1.165) is 29.3 Å². The van der Waals surface area contributed by atoms with Crippen molar-refractivity contribution in [3.05, 3.63) is 35.7 Å². The quantitative estimate of drug-likeness (QED) is 0.828. The Morgan fingerprint density at radius 1 is 1.29 bits per heavy atom. The molecule has 2 aromatic heterocycles. The highest BCUT2D eigenvalue weighted by atomic mass is 15.1. The molecule has 0 amide bonds. The number of rotatable bonds is 2. The van der Waals surface area contributed by atoms with Gasteiger partial charge in [-0.05, 0) is 44.5 Å². The summed E-state index contributed by atoms with van der Waals surface area (Å²) in [5.74, 6) is 0. The van der Waals surface area contributed by atoms with Crippen LogP contribution in [0.1, 0.15) is 30.3 Å². The monoisotopic (exact) mass is 228 g/mol. The van der Waals surface area contributed by atoms with Crippen molar-refractivity contribution in [1.82, 2.24) is 20.5 Å². The summed E-state index contributed by atoms with van der Waals surface area (Å²) < 4.78 is 0. The first-order valence-electron chi connectivity index (χ1n) is 6.05. The van der Waals surface area contributed by atoms with Crippen LogP contribution in [0.4, 0.5) is 0 Å². The Bertz CT molecular complexity index is 512. The van der Waals surface area contributed by atoms with Gasteiger partial charge in [0.25, 0.3) is 0 Å². The molecule has 0 unspecified atom stereocenters. The first kappa shape index (κ1) is 10.5. The van der Waals surface area contributed by atoms with Crippen molar-refractivity contribution in [3.63, 3.8) is 0 Å². The summed E-state index contributed by atoms with van der Waals surface area (Å²) in [6.45, 7) is 3.09. The van der Waals surface area contributed by atoms with Gasteiger partial charge < -0.3 is 5.32 Å². The Balaban J connectivity index is 1.93. The van der Waals surface area contributed by atoms with Crippen LogP contribution in [0.25, 0.3) is 11.4 Å². The van der Waals surface area contributed by atoms with Crippen molar-refractivity contribution in [1.29, 1.82) is 0 Å². The number of nitrogens with one attached hydrogen (secondary N) is 2. The number of aromatic amines is 1. The second kappa shape index (κ2) is 4.30. The Morgan fingerprint density at radius 2 is 2.24 bits per heavy atom. The molecular weight excluding hydrogens is 212 g/mol. The summed E-state index contributed by atoms with van der Waals surface area (Å²) in [7, 11) is 0. The molecule has 0 bridgehead atoms. The zero-order chi connectivity index (χ0) is 11.7. The van der Waals surface area contributed by atoms with E-state index in [1.807, 2.05) is 19.1 Å². The van der Waals surface area contributed by atoms with E-state index in [0.29, 0.717) is 6.04 Å². The maximum absolute atomic E-state index is 4.69. The number of nitrogens with zero attached hydrogens (tertiary/aromatic N) is 2. The molecule has 1 aliphatic heterocycles. The summed E-state index contributed by atoms with van der Waals surface area (Å²) in [4.78, 5) is 4.69. The molecule has 2 aromatic rings. The van der Waals surface area contributed by atoms with Crippen LogP contribution in [0.3, 0.4) is 0 Å². The first-order chi connectivity index (χ1) is 8.33. The molecule has 1 saturated heterocycles. The topological polar surface area (TPSA) is 53.6 Å². The molecule has 3 heterocycles. The van der Waals surface area contributed by atoms with E-state index in [2.05, 4.69) is 27.6 Å². The minimum Gasteiger partial charge on any atom is -0.309 e. The van der Waals surface area contributed by atoms with Crippen molar-refractivity contribution in [2.24, 2.45) is 0 Å². The van der Waals surface area contributed by atoms with E-state index in [1.165, 1.54) is 12.8 Å². The minimum absolute atomic E-state index is 0.412. The van der Waals surface area contributed by atoms with Gasteiger partial charge in [-0.25, -0.2) is 4.98 Å². The van der Waals surface area contributed by atoms with Crippen molar-refractivity contribution in [2.45, 2.75) is 25.8 Å². The zero-order valence-electron chi connectivity index (χ0n) is 9.90. The van der Waals surface area contributed by atoms with E-state index in [-0.39, 0.29) is 0 Å². The van der Waals surface area contributed by atoms with Gasteiger partial charge in [0.05, 0.1) is 11.4 Å². The minimum atomic E-state index is 0.412. The van der Waals surface area contributed by atoms with Crippen LogP contribution in [0.2, 0.25) is 0 Å². The Kier molecular flexibility index (Phi) is 2.65. The molecular formula is C13H16N4. The summed E-state index contributed by atoms with van der Waals surface area (Å²) in [5.41, 5.74) is 4.05. The van der Waals surface area contributed by atoms with Gasteiger partial charge in [-0.15, -0.1) is 0 Å². The van der Waals surface area contributed by atoms with Gasteiger partial charge in [-0.3, -0.25) is 5.10 Å². The largest absolute Gasteiger partial charge is 0.309 e. The lowest BCUT2D eigenvalue weighted by Crippen LogP contribution is -2.14. The van der Waals surface area contributed by atoms with Crippen LogP contribution >= 0.6 is 0 Å². The van der Waals surface area contributed by atoms with Gasteiger partial charge >= 0.3 is 0 Å². The van der Waals surface area contributed by atoms with E-state index in [4.69, 9.17) is 4.98 Å². The highest BCUT2D eigenvalue weighted by Gasteiger charge is 2.17. The first-order valence-corrected chi connectivity index (χ1v) is 6.05. The number of hydrogen-bond donors (Lipinski definition) is 2. The van der Waals surface area contributed by atoms with Gasteiger partial charge in [0, 0.05) is 11.7 Å². The number of aryl methyl sites for hydroxylation is 1. The Hall–Kier alpha value is -1.68. The third-order valence-electron chi connectivity index (χ3n) is 3.16. The summed E-state index contributed by atoms with van der Waals surface area (Å²) >= 11 is 0. The molecule has 0 spiro atoms. The lowest BCUT2D eigenvalue weighted by Gasteiger charge is -2.09. The van der Waals surface area contributed by atoms with Crippen LogP contribution in [-0.2, 0) is 0 Å². The van der Waals surface area contributed by atoms with Crippen molar-refractivity contribution in [3.8, 4) is 11.4 Å². The van der Waals surface area contributed by atoms with Gasteiger partial charge in [-0.1, -0.05) is 6.07 Å². The second-order valence-corrected chi connectivity index (χ2v) is 4.53. The van der Waals surface area contributed by atoms with Crippen molar-refractivity contribution >= 4 is 0 Å². The van der Waals surface area contributed by atoms with E-state index in [1.54, 1.807) is 0 Å². The van der Waals surface area contributed by atoms with Crippen LogP contribution < -0.4 is 5.32 Å². The molecule has 17 heavy (non-hydrogen) atoms. The van der Waals surface area contributed by atoms with E-state index >= 15 is 0 Å². The fourth-order valence-corrected chi connectivity index (χ4v) is 2.27. The average Bonchev–Trinajstić information content (AvgIpc) is 3.00. The number of pyridine rings is 1. The van der Waals surface area contributed by atoms with Crippen LogP contribution in [0.5, 0.6) is 0 Å². The molecule has 88 valence electrons. The SMILES string of the molecule is Cc1cc(-c2cccc([C@H]3CCCN3)n2)n[nH]1. The van der Waals surface area contributed by atoms with E-state index < -0.39 is 0 Å². The number of hydrogen-bond acceptors (Lipinski definition) is 3. The highest BCUT2D eigenvalue weighted by molar-refractivity contribution is 5.54. The van der Waals surface area contributed by atoms with Crippen LogP contribution in [0.15, 0.2) is 24.3 Å². The smallest absolute Gasteiger partial charge is 0.111 e. The third-order valence-corrected chi connectivity index (χ3v) is 3.16. The van der Waals surface area contributed by atoms with Gasteiger partial charge in [-0.2, -0.15) is 5.10 Å². The van der Waals surface area contributed by atoms with Crippen molar-refractivity contribution < 1.29 is 0 Å². The maximum atomic E-state index is 4.69. The summed E-state index contributed by atoms with van der Waals surface area (Å²) in [6.07, 6.45) is 2.41. The predicted molar refractivity (Wildman–Crippen MR) is 66.5 cm³/mol. The van der Waals surface area contributed by atoms with Crippen LogP contribution in [0, 0.1) is 6.92 Å². The standard InChI is InChI=1S/C13H16N4/c1-9-8-13(17-16-9)12-5-2-4-11(15-12)10-6-3-7-14-10/h2,4-5,8,10,14H,3,6-7H2,1H3,(H,16,17)/t10-/m1/s1. The molecule has 2 N–H and O–H groups in total. The highest BCUT2D eigenvalue weighted by Crippen LogP contribution is 2.23. The van der Waals surface area contributed by atoms with E-state index in [9.17, 15) is 0 Å².